The van der Waals surface area contributed by atoms with Gasteiger partial charge < -0.3 is 20.1 Å². The molecule has 1 aromatic carbocycles. The summed E-state index contributed by atoms with van der Waals surface area (Å²) in [5, 5.41) is 12.1. The molecule has 11 heteroatoms. The highest BCUT2D eigenvalue weighted by Crippen LogP contribution is 2.33. The van der Waals surface area contributed by atoms with Crippen LogP contribution in [0.15, 0.2) is 48.9 Å². The maximum Gasteiger partial charge on any atom is 0.573 e. The normalized spacial score (nSPS) is 15.5. The number of aliphatic hydroxyl groups is 1. The summed E-state index contributed by atoms with van der Waals surface area (Å²) in [6.07, 6.45) is 5.85. The Morgan fingerprint density at radius 1 is 1.20 bits per heavy atom. The summed E-state index contributed by atoms with van der Waals surface area (Å²) in [6.45, 7) is 1.36. The Hall–Kier alpha value is -4.17. The Kier molecular flexibility index (Phi) is 6.84. The number of halogens is 3. The molecule has 3 aromatic rings. The van der Waals surface area contributed by atoms with E-state index >= 15 is 0 Å². The summed E-state index contributed by atoms with van der Waals surface area (Å²) in [5.41, 5.74) is 1.71. The summed E-state index contributed by atoms with van der Waals surface area (Å²) in [5.74, 6) is 2.40. The standard InChI is InChI=1S/C24H20F3N5O3/c1-2-21-28-11-17(12-29-21)20-9-16(10-30-22(20)32-8-7-15(13-32)14-33)23(34)31-18-3-5-19(6-4-18)35-24(25,26)27/h1,3-6,9-12,15,33H,7-8,13-14H2,(H,31,34)/t15-/m0/s1. The molecule has 1 atom stereocenters. The molecule has 35 heavy (non-hydrogen) atoms. The highest BCUT2D eigenvalue weighted by Gasteiger charge is 2.31. The Balaban J connectivity index is 1.60. The number of anilines is 2. The van der Waals surface area contributed by atoms with Crippen molar-refractivity contribution in [1.29, 1.82) is 0 Å². The van der Waals surface area contributed by atoms with Crippen LogP contribution in [0.4, 0.5) is 24.7 Å². The van der Waals surface area contributed by atoms with Crippen molar-refractivity contribution < 1.29 is 27.8 Å². The van der Waals surface area contributed by atoms with Gasteiger partial charge in [0.1, 0.15) is 11.6 Å². The number of aliphatic hydroxyl groups excluding tert-OH is 1. The SMILES string of the molecule is C#Cc1ncc(-c2cc(C(=O)Nc3ccc(OC(F)(F)F)cc3)cnc2N2CC[C@H](CO)C2)cn1. The Morgan fingerprint density at radius 3 is 2.51 bits per heavy atom. The Bertz CT molecular complexity index is 1240. The summed E-state index contributed by atoms with van der Waals surface area (Å²) in [4.78, 5) is 27.6. The van der Waals surface area contributed by atoms with Gasteiger partial charge in [-0.3, -0.25) is 4.79 Å². The van der Waals surface area contributed by atoms with E-state index in [1.54, 1.807) is 18.5 Å². The van der Waals surface area contributed by atoms with Gasteiger partial charge in [-0.15, -0.1) is 19.6 Å². The van der Waals surface area contributed by atoms with Gasteiger partial charge in [-0.1, -0.05) is 0 Å². The number of rotatable bonds is 6. The van der Waals surface area contributed by atoms with Crippen molar-refractivity contribution in [2.24, 2.45) is 5.92 Å². The first-order chi connectivity index (χ1) is 16.8. The first kappa shape index (κ1) is 24.0. The molecule has 8 nitrogen and oxygen atoms in total. The zero-order valence-corrected chi connectivity index (χ0v) is 18.3. The molecule has 1 aliphatic heterocycles. The molecule has 0 unspecified atom stereocenters. The lowest BCUT2D eigenvalue weighted by molar-refractivity contribution is -0.274. The summed E-state index contributed by atoms with van der Waals surface area (Å²) in [7, 11) is 0. The van der Waals surface area contributed by atoms with Crippen LogP contribution in [-0.2, 0) is 0 Å². The second-order valence-electron chi connectivity index (χ2n) is 7.84. The van der Waals surface area contributed by atoms with Crippen molar-refractivity contribution in [3.8, 4) is 29.2 Å². The van der Waals surface area contributed by atoms with E-state index in [2.05, 4.69) is 30.9 Å². The van der Waals surface area contributed by atoms with Gasteiger partial charge >= 0.3 is 6.36 Å². The number of aromatic nitrogens is 3. The van der Waals surface area contributed by atoms with E-state index < -0.39 is 18.0 Å². The number of carbonyl (C=O) groups is 1. The van der Waals surface area contributed by atoms with E-state index in [9.17, 15) is 23.1 Å². The van der Waals surface area contributed by atoms with Crippen LogP contribution in [0.2, 0.25) is 0 Å². The first-order valence-corrected chi connectivity index (χ1v) is 10.6. The van der Waals surface area contributed by atoms with E-state index in [-0.39, 0.29) is 29.6 Å². The minimum absolute atomic E-state index is 0.0686. The summed E-state index contributed by atoms with van der Waals surface area (Å²) in [6, 6.07) is 6.44. The number of pyridine rings is 1. The topological polar surface area (TPSA) is 100 Å². The molecule has 180 valence electrons. The largest absolute Gasteiger partial charge is 0.573 e. The van der Waals surface area contributed by atoms with Crippen molar-refractivity contribution in [3.05, 3.63) is 60.3 Å². The minimum Gasteiger partial charge on any atom is -0.406 e. The third-order valence-corrected chi connectivity index (χ3v) is 5.41. The molecule has 1 fully saturated rings. The molecular formula is C24H20F3N5O3. The van der Waals surface area contributed by atoms with Gasteiger partial charge in [-0.25, -0.2) is 15.0 Å². The van der Waals surface area contributed by atoms with Crippen LogP contribution in [-0.4, -0.2) is 52.0 Å². The number of benzene rings is 1. The molecule has 1 aliphatic rings. The smallest absolute Gasteiger partial charge is 0.406 e. The lowest BCUT2D eigenvalue weighted by atomic mass is 10.1. The predicted molar refractivity (Wildman–Crippen MR) is 122 cm³/mol. The third-order valence-electron chi connectivity index (χ3n) is 5.41. The van der Waals surface area contributed by atoms with E-state index in [4.69, 9.17) is 6.42 Å². The summed E-state index contributed by atoms with van der Waals surface area (Å²) >= 11 is 0. The lowest BCUT2D eigenvalue weighted by Crippen LogP contribution is -2.23. The van der Waals surface area contributed by atoms with Crippen LogP contribution in [0.5, 0.6) is 5.75 Å². The molecule has 3 heterocycles. The fourth-order valence-corrected chi connectivity index (χ4v) is 3.71. The summed E-state index contributed by atoms with van der Waals surface area (Å²) < 4.78 is 40.9. The van der Waals surface area contributed by atoms with E-state index in [0.717, 1.165) is 18.6 Å². The van der Waals surface area contributed by atoms with Gasteiger partial charge in [0.2, 0.25) is 5.82 Å². The van der Waals surface area contributed by atoms with Gasteiger partial charge in [0, 0.05) is 61.0 Å². The average molecular weight is 483 g/mol. The van der Waals surface area contributed by atoms with Crippen LogP contribution in [0.3, 0.4) is 0 Å². The zero-order chi connectivity index (χ0) is 25.0. The second kappa shape index (κ2) is 9.99. The molecular weight excluding hydrogens is 463 g/mol. The average Bonchev–Trinajstić information content (AvgIpc) is 3.33. The molecule has 1 saturated heterocycles. The van der Waals surface area contributed by atoms with Crippen LogP contribution >= 0.6 is 0 Å². The van der Waals surface area contributed by atoms with Crippen molar-refractivity contribution in [1.82, 2.24) is 15.0 Å². The zero-order valence-electron chi connectivity index (χ0n) is 18.3. The van der Waals surface area contributed by atoms with E-state index in [1.165, 1.54) is 18.3 Å². The van der Waals surface area contributed by atoms with Gasteiger partial charge in [0.15, 0.2) is 0 Å². The van der Waals surface area contributed by atoms with Gasteiger partial charge in [0.25, 0.3) is 5.91 Å². The first-order valence-electron chi connectivity index (χ1n) is 10.6. The Labute approximate surface area is 198 Å². The lowest BCUT2D eigenvalue weighted by Gasteiger charge is -2.21. The highest BCUT2D eigenvalue weighted by molar-refractivity contribution is 6.05. The minimum atomic E-state index is -4.80. The molecule has 0 aliphatic carbocycles. The number of ether oxygens (including phenoxy) is 1. The third kappa shape index (κ3) is 5.85. The van der Waals surface area contributed by atoms with Crippen molar-refractivity contribution in [2.75, 3.05) is 29.9 Å². The fraction of sp³-hybridized carbons (Fsp3) is 0.250. The molecule has 0 saturated carbocycles. The monoisotopic (exact) mass is 483 g/mol. The Morgan fingerprint density at radius 2 is 1.91 bits per heavy atom. The number of nitrogens with zero attached hydrogens (tertiary/aromatic N) is 4. The predicted octanol–water partition coefficient (Wildman–Crippen LogP) is 3.49. The van der Waals surface area contributed by atoms with E-state index in [0.29, 0.717) is 30.0 Å². The molecule has 2 aromatic heterocycles. The second-order valence-corrected chi connectivity index (χ2v) is 7.84. The van der Waals surface area contributed by atoms with Crippen LogP contribution in [0.1, 0.15) is 22.6 Å². The van der Waals surface area contributed by atoms with Crippen molar-refractivity contribution in [2.45, 2.75) is 12.8 Å². The molecule has 0 bridgehead atoms. The van der Waals surface area contributed by atoms with Gasteiger partial charge in [-0.05, 0) is 42.7 Å². The van der Waals surface area contributed by atoms with Gasteiger partial charge in [-0.2, -0.15) is 0 Å². The maximum atomic E-state index is 12.9. The maximum absolute atomic E-state index is 12.9. The highest BCUT2D eigenvalue weighted by atomic mass is 19.4. The number of nitrogens with one attached hydrogen (secondary N) is 1. The number of carbonyl (C=O) groups excluding carboxylic acids is 1. The fourth-order valence-electron chi connectivity index (χ4n) is 3.71. The van der Waals surface area contributed by atoms with Crippen LogP contribution in [0.25, 0.3) is 11.1 Å². The van der Waals surface area contributed by atoms with Crippen LogP contribution < -0.4 is 15.0 Å². The quantitative estimate of drug-likeness (QED) is 0.518. The number of hydrogen-bond donors (Lipinski definition) is 2. The van der Waals surface area contributed by atoms with Crippen LogP contribution in [0, 0.1) is 18.3 Å². The van der Waals surface area contributed by atoms with Gasteiger partial charge in [0.05, 0.1) is 5.56 Å². The number of amides is 1. The van der Waals surface area contributed by atoms with Crippen molar-refractivity contribution >= 4 is 17.4 Å². The van der Waals surface area contributed by atoms with Crippen molar-refractivity contribution in [3.63, 3.8) is 0 Å². The number of terminal acetylenes is 1. The molecule has 0 radical (unpaired) electrons. The number of hydrogen-bond acceptors (Lipinski definition) is 7. The molecule has 2 N–H and O–H groups in total. The molecule has 4 rings (SSSR count). The number of alkyl halides is 3. The molecule has 0 spiro atoms. The molecule has 1 amide bonds. The van der Waals surface area contributed by atoms with E-state index in [1.807, 2.05) is 4.90 Å².